The zero-order chi connectivity index (χ0) is 9.42. The second kappa shape index (κ2) is 3.12. The van der Waals surface area contributed by atoms with Crippen LogP contribution in [0.15, 0.2) is 23.1 Å². The number of methoxy groups -OCH3 is 1. The summed E-state index contributed by atoms with van der Waals surface area (Å²) in [4.78, 5) is 0.781. The second-order valence-electron chi connectivity index (χ2n) is 2.65. The van der Waals surface area contributed by atoms with E-state index in [1.54, 1.807) is 19.2 Å². The Kier molecular flexibility index (Phi) is 2.09. The lowest BCUT2D eigenvalue weighted by molar-refractivity contribution is 0.427. The van der Waals surface area contributed by atoms with E-state index in [-0.39, 0.29) is 5.75 Å². The number of thiophene rings is 1. The number of aromatic hydroxyl groups is 1. The molecule has 1 aromatic carbocycles. The highest BCUT2D eigenvalue weighted by Gasteiger charge is 2.06. The van der Waals surface area contributed by atoms with Crippen molar-refractivity contribution in [3.05, 3.63) is 18.2 Å². The number of rotatable bonds is 1. The summed E-state index contributed by atoms with van der Waals surface area (Å²) in [5.41, 5.74) is 0. The van der Waals surface area contributed by atoms with Gasteiger partial charge in [-0.1, -0.05) is 11.3 Å². The van der Waals surface area contributed by atoms with Crippen molar-refractivity contribution in [1.82, 2.24) is 0 Å². The van der Waals surface area contributed by atoms with Crippen molar-refractivity contribution in [3.63, 3.8) is 0 Å². The molecule has 2 rings (SSSR count). The van der Waals surface area contributed by atoms with Crippen LogP contribution in [-0.2, 0) is 0 Å². The third kappa shape index (κ3) is 1.47. The Morgan fingerprint density at radius 2 is 2.15 bits per heavy atom. The van der Waals surface area contributed by atoms with Gasteiger partial charge >= 0.3 is 0 Å². The van der Waals surface area contributed by atoms with Gasteiger partial charge in [-0.3, -0.25) is 0 Å². The van der Waals surface area contributed by atoms with E-state index in [2.05, 4.69) is 12.6 Å². The number of phenols is 1. The lowest BCUT2D eigenvalue weighted by atomic mass is 10.2. The molecule has 0 amide bonds. The predicted molar refractivity (Wildman–Crippen MR) is 57.3 cm³/mol. The maximum absolute atomic E-state index is 9.31. The predicted octanol–water partition coefficient (Wildman–Crippen LogP) is 2.90. The quantitative estimate of drug-likeness (QED) is 0.712. The van der Waals surface area contributed by atoms with E-state index in [1.807, 2.05) is 6.07 Å². The van der Waals surface area contributed by atoms with Gasteiger partial charge < -0.3 is 9.84 Å². The number of phenolic OH excluding ortho intramolecular Hbond substituents is 1. The van der Waals surface area contributed by atoms with Gasteiger partial charge in [0, 0.05) is 10.3 Å². The summed E-state index contributed by atoms with van der Waals surface area (Å²) < 4.78 is 6.14. The average Bonchev–Trinajstić information content (AvgIpc) is 2.47. The molecular formula is C9H8O2S2. The Balaban J connectivity index is 2.75. The summed E-state index contributed by atoms with van der Waals surface area (Å²) in [5, 5.41) is 11.1. The fraction of sp³-hybridized carbons (Fsp3) is 0.111. The molecular weight excluding hydrogens is 204 g/mol. The summed E-state index contributed by atoms with van der Waals surface area (Å²) >= 11 is 5.79. The molecule has 2 aromatic rings. The maximum Gasteiger partial charge on any atom is 0.174 e. The highest BCUT2D eigenvalue weighted by molar-refractivity contribution is 7.80. The van der Waals surface area contributed by atoms with Crippen LogP contribution in [0.25, 0.3) is 10.1 Å². The van der Waals surface area contributed by atoms with Crippen LogP contribution in [0.4, 0.5) is 0 Å². The third-order valence-electron chi connectivity index (χ3n) is 1.76. The summed E-state index contributed by atoms with van der Waals surface area (Å²) in [7, 11) is 1.63. The van der Waals surface area contributed by atoms with Crippen LogP contribution in [0.3, 0.4) is 0 Å². The van der Waals surface area contributed by atoms with Gasteiger partial charge in [0.2, 0.25) is 0 Å². The first-order chi connectivity index (χ1) is 6.20. The van der Waals surface area contributed by atoms with Gasteiger partial charge in [0.25, 0.3) is 0 Å². The highest BCUT2D eigenvalue weighted by Crippen LogP contribution is 2.37. The van der Waals surface area contributed by atoms with Crippen molar-refractivity contribution in [2.24, 2.45) is 0 Å². The minimum absolute atomic E-state index is 0.234. The molecule has 0 aliphatic carbocycles. The van der Waals surface area contributed by atoms with E-state index in [9.17, 15) is 5.11 Å². The van der Waals surface area contributed by atoms with Crippen LogP contribution < -0.4 is 4.74 Å². The fourth-order valence-corrected chi connectivity index (χ4v) is 2.46. The first-order valence-corrected chi connectivity index (χ1v) is 4.96. The topological polar surface area (TPSA) is 29.5 Å². The molecule has 0 saturated carbocycles. The molecule has 2 nitrogen and oxygen atoms in total. The molecule has 0 bridgehead atoms. The molecule has 1 N–H and O–H groups in total. The van der Waals surface area contributed by atoms with Crippen molar-refractivity contribution in [3.8, 4) is 10.8 Å². The minimum Gasteiger partial charge on any atom is -0.508 e. The first kappa shape index (κ1) is 8.72. The number of hydrogen-bond acceptors (Lipinski definition) is 4. The molecule has 0 aliphatic rings. The molecule has 0 spiro atoms. The first-order valence-electron chi connectivity index (χ1n) is 3.70. The Morgan fingerprint density at radius 3 is 2.85 bits per heavy atom. The lowest BCUT2D eigenvalue weighted by Gasteiger charge is -1.95. The van der Waals surface area contributed by atoms with Crippen LogP contribution >= 0.6 is 24.0 Å². The van der Waals surface area contributed by atoms with Gasteiger partial charge in [0.15, 0.2) is 5.06 Å². The van der Waals surface area contributed by atoms with E-state index < -0.39 is 0 Å². The van der Waals surface area contributed by atoms with Crippen molar-refractivity contribution in [2.45, 2.75) is 4.90 Å². The van der Waals surface area contributed by atoms with Crippen LogP contribution in [-0.4, -0.2) is 12.2 Å². The molecule has 1 heterocycles. The van der Waals surface area contributed by atoms with Crippen LogP contribution in [0, 0.1) is 0 Å². The van der Waals surface area contributed by atoms with Crippen LogP contribution in [0.2, 0.25) is 0 Å². The standard InChI is InChI=1S/C9H8O2S2/c1-11-8-3-5-2-6(10)4-7(12)9(5)13-8/h2-4,10,12H,1H3. The number of benzene rings is 1. The van der Waals surface area contributed by atoms with E-state index >= 15 is 0 Å². The smallest absolute Gasteiger partial charge is 0.174 e. The van der Waals surface area contributed by atoms with E-state index in [4.69, 9.17) is 4.74 Å². The Morgan fingerprint density at radius 1 is 1.38 bits per heavy atom. The van der Waals surface area contributed by atoms with Crippen LogP contribution in [0.5, 0.6) is 10.8 Å². The normalized spacial score (nSPS) is 10.6. The van der Waals surface area contributed by atoms with Gasteiger partial charge in [-0.15, -0.1) is 12.6 Å². The fourth-order valence-electron chi connectivity index (χ4n) is 1.20. The molecule has 68 valence electrons. The molecule has 0 aliphatic heterocycles. The third-order valence-corrected chi connectivity index (χ3v) is 3.41. The highest BCUT2D eigenvalue weighted by atomic mass is 32.1. The monoisotopic (exact) mass is 212 g/mol. The van der Waals surface area contributed by atoms with E-state index in [0.717, 1.165) is 20.0 Å². The maximum atomic E-state index is 9.31. The minimum atomic E-state index is 0.234. The number of thiol groups is 1. The van der Waals surface area contributed by atoms with Crippen molar-refractivity contribution >= 4 is 34.1 Å². The molecule has 1 aromatic heterocycles. The summed E-state index contributed by atoms with van der Waals surface area (Å²) in [5.74, 6) is 0.234. The van der Waals surface area contributed by atoms with Crippen molar-refractivity contribution in [1.29, 1.82) is 0 Å². The largest absolute Gasteiger partial charge is 0.508 e. The van der Waals surface area contributed by atoms with Gasteiger partial charge in [-0.05, 0) is 18.2 Å². The Bertz CT molecular complexity index is 448. The average molecular weight is 212 g/mol. The number of fused-ring (bicyclic) bond motifs is 1. The summed E-state index contributed by atoms with van der Waals surface area (Å²) in [6.07, 6.45) is 0. The second-order valence-corrected chi connectivity index (χ2v) is 4.15. The Hall–Kier alpha value is -0.870. The molecule has 0 unspecified atom stereocenters. The molecule has 4 heteroatoms. The SMILES string of the molecule is COc1cc2cc(O)cc(S)c2s1. The number of hydrogen-bond donors (Lipinski definition) is 2. The zero-order valence-corrected chi connectivity index (χ0v) is 8.65. The summed E-state index contributed by atoms with van der Waals surface area (Å²) in [6.45, 7) is 0. The van der Waals surface area contributed by atoms with Crippen LogP contribution in [0.1, 0.15) is 0 Å². The molecule has 13 heavy (non-hydrogen) atoms. The lowest BCUT2D eigenvalue weighted by Crippen LogP contribution is -1.73. The Labute approximate surface area is 85.2 Å². The molecule has 0 fully saturated rings. The van der Waals surface area contributed by atoms with Gasteiger partial charge in [0.1, 0.15) is 5.75 Å². The molecule has 0 saturated heterocycles. The van der Waals surface area contributed by atoms with Gasteiger partial charge in [0.05, 0.1) is 11.8 Å². The van der Waals surface area contributed by atoms with Crippen molar-refractivity contribution < 1.29 is 9.84 Å². The summed E-state index contributed by atoms with van der Waals surface area (Å²) in [6, 6.07) is 5.22. The number of ether oxygens (including phenoxy) is 1. The van der Waals surface area contributed by atoms with Gasteiger partial charge in [-0.2, -0.15) is 0 Å². The van der Waals surface area contributed by atoms with Gasteiger partial charge in [-0.25, -0.2) is 0 Å². The van der Waals surface area contributed by atoms with E-state index in [0.29, 0.717) is 0 Å². The molecule has 0 atom stereocenters. The van der Waals surface area contributed by atoms with Crippen molar-refractivity contribution in [2.75, 3.05) is 7.11 Å². The van der Waals surface area contributed by atoms with E-state index in [1.165, 1.54) is 11.3 Å². The molecule has 0 radical (unpaired) electrons. The zero-order valence-electron chi connectivity index (χ0n) is 6.94.